The number of hydrogen-bond donors (Lipinski definition) is 2. The highest BCUT2D eigenvalue weighted by Gasteiger charge is 2.25. The Morgan fingerprint density at radius 2 is 2.22 bits per heavy atom. The van der Waals surface area contributed by atoms with Crippen LogP contribution in [0.3, 0.4) is 0 Å². The monoisotopic (exact) mass is 386 g/mol. The highest BCUT2D eigenvalue weighted by molar-refractivity contribution is 9.10. The van der Waals surface area contributed by atoms with Gasteiger partial charge in [0.15, 0.2) is 0 Å². The summed E-state index contributed by atoms with van der Waals surface area (Å²) in [5.41, 5.74) is 0.651. The second-order valence-electron chi connectivity index (χ2n) is 5.23. The van der Waals surface area contributed by atoms with Crippen molar-refractivity contribution in [2.24, 2.45) is 0 Å². The van der Waals surface area contributed by atoms with E-state index in [9.17, 15) is 14.7 Å². The third-order valence-electron chi connectivity index (χ3n) is 3.60. The summed E-state index contributed by atoms with van der Waals surface area (Å²) in [6.07, 6.45) is 2.39. The lowest BCUT2D eigenvalue weighted by Crippen LogP contribution is -2.29. The van der Waals surface area contributed by atoms with E-state index in [4.69, 9.17) is 9.47 Å². The van der Waals surface area contributed by atoms with Crippen LogP contribution in [0.5, 0.6) is 0 Å². The van der Waals surface area contributed by atoms with Crippen molar-refractivity contribution in [2.45, 2.75) is 38.2 Å². The van der Waals surface area contributed by atoms with E-state index >= 15 is 0 Å². The van der Waals surface area contributed by atoms with Gasteiger partial charge in [0.2, 0.25) is 0 Å². The maximum absolute atomic E-state index is 12.1. The van der Waals surface area contributed by atoms with Crippen molar-refractivity contribution in [3.63, 3.8) is 0 Å². The van der Waals surface area contributed by atoms with Gasteiger partial charge in [0.05, 0.1) is 24.6 Å². The molecule has 0 bridgehead atoms. The molecule has 0 aliphatic carbocycles. The molecule has 1 amide bonds. The molecule has 2 heterocycles. The molecule has 126 valence electrons. The fraction of sp³-hybridized carbons (Fsp3) is 0.533. The molecule has 0 aromatic carbocycles. The summed E-state index contributed by atoms with van der Waals surface area (Å²) in [7, 11) is 0. The molecule has 2 N–H and O–H groups in total. The Hall–Kier alpha value is -1.67. The van der Waals surface area contributed by atoms with E-state index < -0.39 is 18.0 Å². The molecule has 0 spiro atoms. The van der Waals surface area contributed by atoms with Crippen LogP contribution in [0.25, 0.3) is 0 Å². The van der Waals surface area contributed by atoms with Gasteiger partial charge in [-0.1, -0.05) is 6.92 Å². The Bertz CT molecular complexity index is 575. The number of pyridine rings is 1. The van der Waals surface area contributed by atoms with Crippen LogP contribution in [0.2, 0.25) is 0 Å². The fourth-order valence-corrected chi connectivity index (χ4v) is 2.73. The van der Waals surface area contributed by atoms with Gasteiger partial charge in [-0.15, -0.1) is 0 Å². The van der Waals surface area contributed by atoms with E-state index in [0.29, 0.717) is 48.3 Å². The van der Waals surface area contributed by atoms with E-state index in [0.717, 1.165) is 0 Å². The predicted octanol–water partition coefficient (Wildman–Crippen LogP) is 3.15. The summed E-state index contributed by atoms with van der Waals surface area (Å²) >= 11 is 3.27. The lowest BCUT2D eigenvalue weighted by Gasteiger charge is -2.23. The van der Waals surface area contributed by atoms with Crippen LogP contribution in [0, 0.1) is 0 Å². The highest BCUT2D eigenvalue weighted by atomic mass is 79.9. The minimum atomic E-state index is -0.983. The molecular formula is C15H19BrN2O5. The average molecular weight is 387 g/mol. The third-order valence-corrected chi connectivity index (χ3v) is 4.03. The molecule has 1 unspecified atom stereocenters. The van der Waals surface area contributed by atoms with Gasteiger partial charge in [-0.3, -0.25) is 15.1 Å². The van der Waals surface area contributed by atoms with Crippen LogP contribution in [-0.2, 0) is 14.3 Å². The van der Waals surface area contributed by atoms with Crippen LogP contribution in [0.1, 0.15) is 37.8 Å². The molecule has 1 atom stereocenters. The van der Waals surface area contributed by atoms with E-state index in [-0.39, 0.29) is 6.10 Å². The number of ether oxygens (including phenoxy) is 2. The van der Waals surface area contributed by atoms with Crippen molar-refractivity contribution < 1.29 is 24.2 Å². The van der Waals surface area contributed by atoms with Crippen molar-refractivity contribution in [3.8, 4) is 0 Å². The van der Waals surface area contributed by atoms with Crippen molar-refractivity contribution in [1.29, 1.82) is 0 Å². The average Bonchev–Trinajstić information content (AvgIpc) is 2.50. The highest BCUT2D eigenvalue weighted by Crippen LogP contribution is 2.28. The van der Waals surface area contributed by atoms with Crippen molar-refractivity contribution in [2.75, 3.05) is 18.5 Å². The number of nitrogens with one attached hydrogen (secondary N) is 1. The van der Waals surface area contributed by atoms with Gasteiger partial charge in [0, 0.05) is 23.5 Å². The molecule has 1 saturated heterocycles. The number of carboxylic acids is 1. The minimum Gasteiger partial charge on any atom is -0.481 e. The number of hydrogen-bond acceptors (Lipinski definition) is 5. The van der Waals surface area contributed by atoms with Crippen LogP contribution in [0.4, 0.5) is 10.5 Å². The first-order valence-corrected chi connectivity index (χ1v) is 8.24. The van der Waals surface area contributed by atoms with Gasteiger partial charge in [-0.05, 0) is 28.4 Å². The Morgan fingerprint density at radius 1 is 1.52 bits per heavy atom. The molecule has 1 aliphatic heterocycles. The van der Waals surface area contributed by atoms with Crippen LogP contribution >= 0.6 is 15.9 Å². The van der Waals surface area contributed by atoms with Crippen molar-refractivity contribution in [1.82, 2.24) is 4.98 Å². The second-order valence-corrected chi connectivity index (χ2v) is 6.14. The number of carboxylic acid groups (broad SMARTS) is 1. The molecule has 1 aromatic rings. The van der Waals surface area contributed by atoms with Gasteiger partial charge < -0.3 is 14.6 Å². The molecule has 1 aliphatic rings. The third kappa shape index (κ3) is 4.90. The van der Waals surface area contributed by atoms with Gasteiger partial charge in [0.25, 0.3) is 0 Å². The largest absolute Gasteiger partial charge is 0.481 e. The zero-order chi connectivity index (χ0) is 16.8. The smallest absolute Gasteiger partial charge is 0.411 e. The lowest BCUT2D eigenvalue weighted by atomic mass is 10.0. The number of aromatic nitrogens is 1. The number of halogens is 1. The molecule has 1 fully saturated rings. The van der Waals surface area contributed by atoms with E-state index in [2.05, 4.69) is 26.2 Å². The normalized spacial score (nSPS) is 16.6. The van der Waals surface area contributed by atoms with Crippen LogP contribution in [0.15, 0.2) is 16.7 Å². The second kappa shape index (κ2) is 8.26. The maximum Gasteiger partial charge on any atom is 0.411 e. The van der Waals surface area contributed by atoms with Gasteiger partial charge >= 0.3 is 12.1 Å². The van der Waals surface area contributed by atoms with Gasteiger partial charge in [-0.25, -0.2) is 4.79 Å². The Labute approximate surface area is 142 Å². The molecule has 8 heteroatoms. The maximum atomic E-state index is 12.1. The molecule has 2 rings (SSSR count). The summed E-state index contributed by atoms with van der Waals surface area (Å²) in [5, 5.41) is 11.9. The number of rotatable bonds is 5. The SMILES string of the molecule is CCC(C(=O)O)c1ncc(Br)cc1NC(=O)OC1CCOCC1. The number of anilines is 1. The Balaban J connectivity index is 2.12. The van der Waals surface area contributed by atoms with Crippen molar-refractivity contribution >= 4 is 33.7 Å². The number of nitrogens with zero attached hydrogens (tertiary/aromatic N) is 1. The van der Waals surface area contributed by atoms with E-state index in [1.807, 2.05) is 0 Å². The molecule has 23 heavy (non-hydrogen) atoms. The summed E-state index contributed by atoms with van der Waals surface area (Å²) in [5.74, 6) is -1.77. The van der Waals surface area contributed by atoms with Crippen LogP contribution in [-0.4, -0.2) is 41.5 Å². The predicted molar refractivity (Wildman–Crippen MR) is 86.5 cm³/mol. The van der Waals surface area contributed by atoms with Crippen LogP contribution < -0.4 is 5.32 Å². The Kier molecular flexibility index (Phi) is 6.35. The van der Waals surface area contributed by atoms with E-state index in [1.54, 1.807) is 13.0 Å². The quantitative estimate of drug-likeness (QED) is 0.806. The fourth-order valence-electron chi connectivity index (χ4n) is 2.40. The van der Waals surface area contributed by atoms with Gasteiger partial charge in [-0.2, -0.15) is 0 Å². The molecule has 0 radical (unpaired) electrons. The number of amides is 1. The first-order chi connectivity index (χ1) is 11.0. The van der Waals surface area contributed by atoms with Crippen molar-refractivity contribution in [3.05, 3.63) is 22.4 Å². The minimum absolute atomic E-state index is 0.186. The van der Waals surface area contributed by atoms with E-state index in [1.165, 1.54) is 6.20 Å². The first kappa shape index (κ1) is 17.7. The summed E-state index contributed by atoms with van der Waals surface area (Å²) in [6, 6.07) is 1.62. The first-order valence-electron chi connectivity index (χ1n) is 7.45. The molecular weight excluding hydrogens is 368 g/mol. The zero-order valence-corrected chi connectivity index (χ0v) is 14.3. The zero-order valence-electron chi connectivity index (χ0n) is 12.8. The molecule has 1 aromatic heterocycles. The number of carbonyl (C=O) groups excluding carboxylic acids is 1. The molecule has 0 saturated carbocycles. The Morgan fingerprint density at radius 3 is 2.83 bits per heavy atom. The number of aliphatic carboxylic acids is 1. The summed E-state index contributed by atoms with van der Waals surface area (Å²) in [6.45, 7) is 2.89. The van der Waals surface area contributed by atoms with Gasteiger partial charge in [0.1, 0.15) is 12.0 Å². The summed E-state index contributed by atoms with van der Waals surface area (Å²) in [4.78, 5) is 27.6. The summed E-state index contributed by atoms with van der Waals surface area (Å²) < 4.78 is 11.2. The standard InChI is InChI=1S/C15H19BrN2O5/c1-2-11(14(19)20)13-12(7-9(16)8-17-13)18-15(21)23-10-3-5-22-6-4-10/h7-8,10-11H,2-6H2,1H3,(H,18,21)(H,19,20). The number of carbonyl (C=O) groups is 2. The lowest BCUT2D eigenvalue weighted by molar-refractivity contribution is -0.138. The molecule has 7 nitrogen and oxygen atoms in total. The topological polar surface area (TPSA) is 97.8 Å².